The number of nitrogens with one attached hydrogen (secondary N) is 1. The molecular formula is C23H26N4O3. The van der Waals surface area contributed by atoms with E-state index < -0.39 is 5.66 Å². The predicted octanol–water partition coefficient (Wildman–Crippen LogP) is 4.20. The molecule has 2 aromatic rings. The second-order valence-electron chi connectivity index (χ2n) is 7.23. The fourth-order valence-corrected chi connectivity index (χ4v) is 3.09. The molecule has 0 saturated heterocycles. The van der Waals surface area contributed by atoms with Gasteiger partial charge < -0.3 is 14.8 Å². The van der Waals surface area contributed by atoms with Crippen LogP contribution < -0.4 is 14.8 Å². The third-order valence-electron chi connectivity index (χ3n) is 5.01. The summed E-state index contributed by atoms with van der Waals surface area (Å²) in [6.07, 6.45) is 11.0. The van der Waals surface area contributed by atoms with Crippen LogP contribution in [0.2, 0.25) is 0 Å². The zero-order chi connectivity index (χ0) is 21.4. The molecule has 30 heavy (non-hydrogen) atoms. The smallest absolute Gasteiger partial charge is 0.220 e. The van der Waals surface area contributed by atoms with Crippen molar-refractivity contribution in [2.75, 3.05) is 7.11 Å². The van der Waals surface area contributed by atoms with Crippen LogP contribution in [0.5, 0.6) is 11.5 Å². The number of carbonyl (C=O) groups excluding carboxylic acids is 1. The maximum atomic E-state index is 12.4. The summed E-state index contributed by atoms with van der Waals surface area (Å²) in [7, 11) is 1.60. The first kappa shape index (κ1) is 21.3. The van der Waals surface area contributed by atoms with Gasteiger partial charge in [0.1, 0.15) is 6.61 Å². The number of terminal acetylenes is 1. The van der Waals surface area contributed by atoms with E-state index in [1.54, 1.807) is 19.5 Å². The molecule has 1 unspecified atom stereocenters. The average molecular weight is 406 g/mol. The lowest BCUT2D eigenvalue weighted by molar-refractivity contribution is -0.122. The van der Waals surface area contributed by atoms with Gasteiger partial charge in [-0.25, -0.2) is 0 Å². The molecule has 1 aliphatic heterocycles. The number of nitrogens with zero attached hydrogens (tertiary/aromatic N) is 3. The lowest BCUT2D eigenvalue weighted by atomic mass is 10.0. The first-order valence-electron chi connectivity index (χ1n) is 9.92. The second-order valence-corrected chi connectivity index (χ2v) is 7.23. The maximum Gasteiger partial charge on any atom is 0.220 e. The van der Waals surface area contributed by atoms with Crippen LogP contribution in [0.3, 0.4) is 0 Å². The van der Waals surface area contributed by atoms with Gasteiger partial charge in [-0.15, -0.1) is 12.3 Å². The van der Waals surface area contributed by atoms with Gasteiger partial charge in [0.2, 0.25) is 5.91 Å². The Labute approximate surface area is 176 Å². The number of rotatable bonds is 11. The summed E-state index contributed by atoms with van der Waals surface area (Å²) in [5.41, 5.74) is 1.51. The van der Waals surface area contributed by atoms with Crippen molar-refractivity contribution in [3.05, 3.63) is 53.9 Å². The van der Waals surface area contributed by atoms with Gasteiger partial charge in [-0.1, -0.05) is 6.07 Å². The summed E-state index contributed by atoms with van der Waals surface area (Å²) >= 11 is 0. The molecule has 0 saturated carbocycles. The fraction of sp³-hybridized carbons (Fsp3) is 0.391. The Morgan fingerprint density at radius 3 is 2.63 bits per heavy atom. The van der Waals surface area contributed by atoms with Crippen molar-refractivity contribution in [1.29, 1.82) is 0 Å². The van der Waals surface area contributed by atoms with Crippen molar-refractivity contribution in [2.24, 2.45) is 10.2 Å². The standard InChI is InChI=1S/C23H26N4O3/c1-4-5-11-23(26-27-23)12-8-22(28)25-17(2)19-6-7-20(21(15-19)29-3)30-16-18-9-13-24-14-10-18/h1,6-7,9-10,13-15,17H,5,8,11-12,16H2,2-3H3,(H,25,28). The summed E-state index contributed by atoms with van der Waals surface area (Å²) in [6.45, 7) is 2.35. The van der Waals surface area contributed by atoms with E-state index in [2.05, 4.69) is 26.4 Å². The van der Waals surface area contributed by atoms with Crippen LogP contribution in [0.15, 0.2) is 53.0 Å². The molecule has 1 amide bonds. The molecule has 0 fully saturated rings. The quantitative estimate of drug-likeness (QED) is 0.567. The van der Waals surface area contributed by atoms with E-state index in [9.17, 15) is 4.79 Å². The Morgan fingerprint density at radius 2 is 1.97 bits per heavy atom. The number of ether oxygens (including phenoxy) is 2. The molecule has 7 nitrogen and oxygen atoms in total. The molecule has 0 aliphatic carbocycles. The maximum absolute atomic E-state index is 12.4. The minimum atomic E-state index is -0.441. The van der Waals surface area contributed by atoms with E-state index in [-0.39, 0.29) is 11.9 Å². The first-order chi connectivity index (χ1) is 14.5. The number of amides is 1. The highest BCUT2D eigenvalue weighted by atomic mass is 16.5. The van der Waals surface area contributed by atoms with Gasteiger partial charge in [0, 0.05) is 38.1 Å². The number of carbonyl (C=O) groups is 1. The summed E-state index contributed by atoms with van der Waals surface area (Å²) in [6, 6.07) is 9.29. The van der Waals surface area contributed by atoms with E-state index in [0.29, 0.717) is 43.8 Å². The molecule has 2 heterocycles. The fourth-order valence-electron chi connectivity index (χ4n) is 3.09. The molecule has 1 aromatic heterocycles. The van der Waals surface area contributed by atoms with Crippen LogP contribution in [0.1, 0.15) is 49.8 Å². The Hall–Kier alpha value is -3.40. The second kappa shape index (κ2) is 9.88. The molecule has 7 heteroatoms. The van der Waals surface area contributed by atoms with E-state index in [1.165, 1.54) is 0 Å². The Kier molecular flexibility index (Phi) is 7.02. The molecule has 1 N–H and O–H groups in total. The highest BCUT2D eigenvalue weighted by Crippen LogP contribution is 2.37. The SMILES string of the molecule is C#CCCC1(CCC(=O)NC(C)c2ccc(OCc3ccncc3)c(OC)c2)N=N1. The number of methoxy groups -OCH3 is 1. The van der Waals surface area contributed by atoms with E-state index in [4.69, 9.17) is 15.9 Å². The van der Waals surface area contributed by atoms with Gasteiger partial charge in [-0.3, -0.25) is 9.78 Å². The number of aromatic nitrogens is 1. The largest absolute Gasteiger partial charge is 0.493 e. The third kappa shape index (κ3) is 5.80. The minimum Gasteiger partial charge on any atom is -0.493 e. The summed E-state index contributed by atoms with van der Waals surface area (Å²) in [5.74, 6) is 3.81. The van der Waals surface area contributed by atoms with E-state index in [0.717, 1.165) is 11.1 Å². The molecule has 156 valence electrons. The number of pyridine rings is 1. The van der Waals surface area contributed by atoms with Crippen LogP contribution in [-0.4, -0.2) is 23.7 Å². The van der Waals surface area contributed by atoms with Crippen LogP contribution >= 0.6 is 0 Å². The third-order valence-corrected chi connectivity index (χ3v) is 5.01. The van der Waals surface area contributed by atoms with Crippen molar-refractivity contribution in [3.63, 3.8) is 0 Å². The van der Waals surface area contributed by atoms with Crippen molar-refractivity contribution in [3.8, 4) is 23.8 Å². The molecule has 0 spiro atoms. The van der Waals surface area contributed by atoms with Gasteiger partial charge in [0.25, 0.3) is 0 Å². The summed E-state index contributed by atoms with van der Waals surface area (Å²) < 4.78 is 11.3. The number of benzene rings is 1. The van der Waals surface area contributed by atoms with Crippen LogP contribution in [0, 0.1) is 12.3 Å². The molecular weight excluding hydrogens is 380 g/mol. The zero-order valence-corrected chi connectivity index (χ0v) is 17.3. The highest BCUT2D eigenvalue weighted by Gasteiger charge is 2.39. The van der Waals surface area contributed by atoms with Crippen molar-refractivity contribution < 1.29 is 14.3 Å². The average Bonchev–Trinajstić information content (AvgIpc) is 3.55. The van der Waals surface area contributed by atoms with Gasteiger partial charge in [0.15, 0.2) is 17.2 Å². The Bertz CT molecular complexity index is 931. The predicted molar refractivity (Wildman–Crippen MR) is 113 cm³/mol. The summed E-state index contributed by atoms with van der Waals surface area (Å²) in [5, 5.41) is 11.2. The van der Waals surface area contributed by atoms with E-state index in [1.807, 2.05) is 37.3 Å². The van der Waals surface area contributed by atoms with Crippen LogP contribution in [0.4, 0.5) is 0 Å². The monoisotopic (exact) mass is 406 g/mol. The summed E-state index contributed by atoms with van der Waals surface area (Å²) in [4.78, 5) is 16.4. The topological polar surface area (TPSA) is 85.2 Å². The number of hydrogen-bond donors (Lipinski definition) is 1. The molecule has 0 radical (unpaired) electrons. The lowest BCUT2D eigenvalue weighted by Crippen LogP contribution is -2.28. The first-order valence-corrected chi connectivity index (χ1v) is 9.92. The van der Waals surface area contributed by atoms with Crippen LogP contribution in [0.25, 0.3) is 0 Å². The Balaban J connectivity index is 1.53. The molecule has 1 aromatic carbocycles. The van der Waals surface area contributed by atoms with Crippen molar-refractivity contribution >= 4 is 5.91 Å². The van der Waals surface area contributed by atoms with Gasteiger partial charge in [0.05, 0.1) is 13.2 Å². The molecule has 1 aliphatic rings. The highest BCUT2D eigenvalue weighted by molar-refractivity contribution is 5.76. The van der Waals surface area contributed by atoms with Gasteiger partial charge in [-0.05, 0) is 42.3 Å². The van der Waals surface area contributed by atoms with Gasteiger partial charge in [-0.2, -0.15) is 10.2 Å². The van der Waals surface area contributed by atoms with Crippen molar-refractivity contribution in [1.82, 2.24) is 10.3 Å². The molecule has 0 bridgehead atoms. The lowest BCUT2D eigenvalue weighted by Gasteiger charge is -2.18. The van der Waals surface area contributed by atoms with Crippen LogP contribution in [-0.2, 0) is 11.4 Å². The zero-order valence-electron chi connectivity index (χ0n) is 17.3. The molecule has 3 rings (SSSR count). The molecule has 1 atom stereocenters. The van der Waals surface area contributed by atoms with Crippen molar-refractivity contribution in [2.45, 2.75) is 50.9 Å². The normalized spacial score (nSPS) is 14.4. The van der Waals surface area contributed by atoms with E-state index >= 15 is 0 Å². The minimum absolute atomic E-state index is 0.0446. The number of hydrogen-bond acceptors (Lipinski definition) is 6. The Morgan fingerprint density at radius 1 is 1.20 bits per heavy atom. The van der Waals surface area contributed by atoms with Gasteiger partial charge >= 0.3 is 0 Å².